The molecule has 0 radical (unpaired) electrons. The highest BCUT2D eigenvalue weighted by Gasteiger charge is 2.51. The maximum Gasteiger partial charge on any atom is 0.472 e. The van der Waals surface area contributed by atoms with Crippen LogP contribution in [0.4, 0.5) is 0 Å². The molecular formula is C49H87O13P. The number of rotatable bonds is 40. The van der Waals surface area contributed by atoms with E-state index in [0.29, 0.717) is 12.8 Å². The molecule has 6 N–H and O–H groups in total. The number of carbonyl (C=O) groups excluding carboxylic acids is 2. The minimum atomic E-state index is -5.13. The average Bonchev–Trinajstić information content (AvgIpc) is 3.26. The zero-order chi connectivity index (χ0) is 46.4. The van der Waals surface area contributed by atoms with Crippen LogP contribution in [-0.2, 0) is 32.7 Å². The van der Waals surface area contributed by atoms with Crippen molar-refractivity contribution in [1.29, 1.82) is 0 Å². The van der Waals surface area contributed by atoms with Gasteiger partial charge in [0.1, 0.15) is 43.2 Å². The van der Waals surface area contributed by atoms with Crippen LogP contribution in [0.2, 0.25) is 0 Å². The Hall–Kier alpha value is -2.19. The number of aliphatic hydroxyl groups is 5. The molecule has 13 nitrogen and oxygen atoms in total. The summed E-state index contributed by atoms with van der Waals surface area (Å²) in [7, 11) is -5.13. The van der Waals surface area contributed by atoms with Crippen molar-refractivity contribution in [3.05, 3.63) is 48.6 Å². The number of hydrogen-bond acceptors (Lipinski definition) is 12. The summed E-state index contributed by atoms with van der Waals surface area (Å²) in [5.74, 6) is -1.13. The molecule has 1 rings (SSSR count). The third kappa shape index (κ3) is 31.4. The average molecular weight is 915 g/mol. The van der Waals surface area contributed by atoms with E-state index in [4.69, 9.17) is 18.5 Å². The largest absolute Gasteiger partial charge is 0.472 e. The molecule has 0 heterocycles. The summed E-state index contributed by atoms with van der Waals surface area (Å²) >= 11 is 0. The van der Waals surface area contributed by atoms with E-state index in [9.17, 15) is 44.6 Å². The van der Waals surface area contributed by atoms with Gasteiger partial charge in [0.2, 0.25) is 0 Å². The molecule has 0 bridgehead atoms. The Morgan fingerprint density at radius 2 is 0.889 bits per heavy atom. The van der Waals surface area contributed by atoms with Gasteiger partial charge in [0.15, 0.2) is 6.10 Å². The monoisotopic (exact) mass is 915 g/mol. The van der Waals surface area contributed by atoms with E-state index in [0.717, 1.165) is 70.6 Å². The number of ether oxygens (including phenoxy) is 2. The third-order valence-corrected chi connectivity index (χ3v) is 12.1. The third-order valence-electron chi connectivity index (χ3n) is 11.2. The van der Waals surface area contributed by atoms with Gasteiger partial charge in [-0.25, -0.2) is 4.57 Å². The summed E-state index contributed by atoms with van der Waals surface area (Å²) in [5.41, 5.74) is 0. The van der Waals surface area contributed by atoms with E-state index >= 15 is 0 Å². The molecule has 366 valence electrons. The zero-order valence-corrected chi connectivity index (χ0v) is 39.8. The van der Waals surface area contributed by atoms with Crippen molar-refractivity contribution in [2.45, 2.75) is 236 Å². The van der Waals surface area contributed by atoms with Gasteiger partial charge in [-0.15, -0.1) is 0 Å². The molecule has 63 heavy (non-hydrogen) atoms. The van der Waals surface area contributed by atoms with Gasteiger partial charge >= 0.3 is 19.8 Å². The van der Waals surface area contributed by atoms with Crippen LogP contribution < -0.4 is 0 Å². The highest BCUT2D eigenvalue weighted by Crippen LogP contribution is 2.47. The molecule has 6 unspecified atom stereocenters. The maximum absolute atomic E-state index is 12.8. The van der Waals surface area contributed by atoms with Crippen LogP contribution in [-0.4, -0.2) is 98.3 Å². The highest BCUT2D eigenvalue weighted by atomic mass is 31.2. The lowest BCUT2D eigenvalue weighted by atomic mass is 9.85. The standard InChI is InChI=1S/C49H87O13P/c1-3-5-7-9-11-13-15-17-19-21-23-25-27-29-31-33-35-37-42(50)59-39-41(40-60-63(57,58)62-49-47(55)45(53)44(52)46(54)48(49)56)61-43(51)38-36-34-32-30-28-26-24-22-20-18-16-14-12-10-8-6-4-2/h7,9,13,15,19,21,25,27,41,44-49,52-56H,3-6,8,10-12,14,16-18,20,22-24,26,28-40H2,1-2H3,(H,57,58)/b9-7+,15-13+,21-19+,27-25+/t41-,44?,45-,46?,47?,48?,49?/m0/s1. The zero-order valence-electron chi connectivity index (χ0n) is 38.9. The molecule has 0 aromatic heterocycles. The van der Waals surface area contributed by atoms with Gasteiger partial charge in [-0.1, -0.05) is 178 Å². The second-order valence-corrected chi connectivity index (χ2v) is 18.4. The number of phosphoric ester groups is 1. The number of hydrogen-bond donors (Lipinski definition) is 6. The second-order valence-electron chi connectivity index (χ2n) is 17.0. The van der Waals surface area contributed by atoms with Crippen molar-refractivity contribution in [2.75, 3.05) is 13.2 Å². The molecule has 0 spiro atoms. The molecule has 0 saturated heterocycles. The molecule has 0 aromatic rings. The predicted octanol–water partition coefficient (Wildman–Crippen LogP) is 9.95. The lowest BCUT2D eigenvalue weighted by Gasteiger charge is -2.41. The van der Waals surface area contributed by atoms with Gasteiger partial charge in [-0.05, 0) is 51.4 Å². The fraction of sp³-hybridized carbons (Fsp3) is 0.796. The smallest absolute Gasteiger partial charge is 0.462 e. The molecule has 1 aliphatic rings. The quantitative estimate of drug-likeness (QED) is 0.0147. The first kappa shape index (κ1) is 58.8. The Morgan fingerprint density at radius 3 is 1.37 bits per heavy atom. The molecule has 1 saturated carbocycles. The molecule has 0 aromatic carbocycles. The van der Waals surface area contributed by atoms with Crippen LogP contribution in [0.5, 0.6) is 0 Å². The first-order valence-corrected chi connectivity index (χ1v) is 25.9. The maximum atomic E-state index is 12.8. The van der Waals surface area contributed by atoms with Gasteiger partial charge in [0, 0.05) is 12.8 Å². The lowest BCUT2D eigenvalue weighted by molar-refractivity contribution is -0.220. The van der Waals surface area contributed by atoms with Crippen LogP contribution in [0.1, 0.15) is 194 Å². The fourth-order valence-corrected chi connectivity index (χ4v) is 8.19. The lowest BCUT2D eigenvalue weighted by Crippen LogP contribution is -2.64. The molecule has 0 amide bonds. The van der Waals surface area contributed by atoms with Crippen LogP contribution in [0, 0.1) is 0 Å². The van der Waals surface area contributed by atoms with Crippen LogP contribution in [0.3, 0.4) is 0 Å². The summed E-state index contributed by atoms with van der Waals surface area (Å²) in [4.78, 5) is 35.8. The Kier molecular flexibility index (Phi) is 36.4. The molecule has 0 aliphatic heterocycles. The molecule has 1 aliphatic carbocycles. The summed E-state index contributed by atoms with van der Waals surface area (Å²) in [6.45, 7) is 3.22. The van der Waals surface area contributed by atoms with Crippen LogP contribution in [0.15, 0.2) is 48.6 Å². The Balaban J connectivity index is 2.45. The fourth-order valence-electron chi connectivity index (χ4n) is 7.22. The molecule has 1 fully saturated rings. The van der Waals surface area contributed by atoms with Crippen molar-refractivity contribution in [3.63, 3.8) is 0 Å². The van der Waals surface area contributed by atoms with Crippen molar-refractivity contribution in [2.24, 2.45) is 0 Å². The molecule has 8 atom stereocenters. The van der Waals surface area contributed by atoms with Crippen LogP contribution in [0.25, 0.3) is 0 Å². The van der Waals surface area contributed by atoms with E-state index < -0.39 is 75.7 Å². The van der Waals surface area contributed by atoms with Gasteiger partial charge < -0.3 is 39.9 Å². The number of carbonyl (C=O) groups is 2. The Labute approximate surface area is 380 Å². The topological polar surface area (TPSA) is 210 Å². The van der Waals surface area contributed by atoms with E-state index in [1.165, 1.54) is 83.5 Å². The number of unbranched alkanes of at least 4 members (excludes halogenated alkanes) is 20. The van der Waals surface area contributed by atoms with Gasteiger partial charge in [-0.2, -0.15) is 0 Å². The molecular weight excluding hydrogens is 827 g/mol. The highest BCUT2D eigenvalue weighted by molar-refractivity contribution is 7.47. The number of phosphoric acid groups is 1. The summed E-state index contributed by atoms with van der Waals surface area (Å²) in [6, 6.07) is 0. The summed E-state index contributed by atoms with van der Waals surface area (Å²) in [5, 5.41) is 50.2. The van der Waals surface area contributed by atoms with Crippen molar-refractivity contribution >= 4 is 19.8 Å². The first-order chi connectivity index (χ1) is 30.4. The summed E-state index contributed by atoms with van der Waals surface area (Å²) in [6.07, 6.45) is 33.0. The Bertz CT molecular complexity index is 1290. The van der Waals surface area contributed by atoms with Crippen molar-refractivity contribution < 1.29 is 63.1 Å². The van der Waals surface area contributed by atoms with Gasteiger partial charge in [-0.3, -0.25) is 18.6 Å². The first-order valence-electron chi connectivity index (χ1n) is 24.4. The Morgan fingerprint density at radius 1 is 0.492 bits per heavy atom. The van der Waals surface area contributed by atoms with E-state index in [1.807, 2.05) is 0 Å². The second kappa shape index (κ2) is 39.0. The van der Waals surface area contributed by atoms with Crippen LogP contribution >= 0.6 is 7.82 Å². The van der Waals surface area contributed by atoms with Gasteiger partial charge in [0.05, 0.1) is 6.61 Å². The molecule has 14 heteroatoms. The van der Waals surface area contributed by atoms with Crippen molar-refractivity contribution in [3.8, 4) is 0 Å². The van der Waals surface area contributed by atoms with E-state index in [2.05, 4.69) is 62.5 Å². The minimum absolute atomic E-state index is 0.0915. The number of allylic oxidation sites excluding steroid dienone is 8. The summed E-state index contributed by atoms with van der Waals surface area (Å²) < 4.78 is 33.6. The number of aliphatic hydroxyl groups excluding tert-OH is 5. The van der Waals surface area contributed by atoms with Gasteiger partial charge in [0.25, 0.3) is 0 Å². The number of esters is 2. The van der Waals surface area contributed by atoms with E-state index in [1.54, 1.807) is 0 Å². The normalized spacial score (nSPS) is 22.1. The SMILES string of the molecule is CCC/C=C/C/C=C/C/C=C/C/C=C/CCCCCC(=O)OC[C@@H](COP(=O)(O)OC1C(O)C(O)C(O)[C@H](O)C1O)OC(=O)CCCCCCCCCCCCCCCCCCC. The minimum Gasteiger partial charge on any atom is -0.462 e. The van der Waals surface area contributed by atoms with E-state index in [-0.39, 0.29) is 12.8 Å². The van der Waals surface area contributed by atoms with Crippen molar-refractivity contribution in [1.82, 2.24) is 0 Å². The predicted molar refractivity (Wildman–Crippen MR) is 249 cm³/mol.